The Labute approximate surface area is 188 Å². The number of hydrogen-bond acceptors (Lipinski definition) is 5. The van der Waals surface area contributed by atoms with Crippen molar-refractivity contribution in [2.75, 3.05) is 0 Å². The first kappa shape index (κ1) is 20.9. The third-order valence-corrected chi connectivity index (χ3v) is 6.60. The van der Waals surface area contributed by atoms with Gasteiger partial charge in [0.2, 0.25) is 0 Å². The van der Waals surface area contributed by atoms with Crippen LogP contribution in [0.15, 0.2) is 83.9 Å². The van der Waals surface area contributed by atoms with E-state index in [1.54, 1.807) is 48.5 Å². The lowest BCUT2D eigenvalue weighted by atomic mass is 10.1. The van der Waals surface area contributed by atoms with Gasteiger partial charge in [-0.15, -0.1) is 0 Å². The minimum Gasteiger partial charge on any atom is -0.456 e. The molecule has 0 spiro atoms. The van der Waals surface area contributed by atoms with E-state index in [4.69, 9.17) is 27.9 Å². The van der Waals surface area contributed by atoms with E-state index in [9.17, 15) is 13.7 Å². The number of aromatic nitrogens is 2. The summed E-state index contributed by atoms with van der Waals surface area (Å²) in [4.78, 5) is 0.0757. The maximum absolute atomic E-state index is 13.0. The second-order valence-electron chi connectivity index (χ2n) is 6.37. The largest absolute Gasteiger partial charge is 0.456 e. The van der Waals surface area contributed by atoms with Gasteiger partial charge in [-0.2, -0.15) is 22.9 Å². The van der Waals surface area contributed by atoms with E-state index in [2.05, 4.69) is 5.10 Å². The number of halogens is 2. The fourth-order valence-electron chi connectivity index (χ4n) is 2.91. The molecule has 31 heavy (non-hydrogen) atoms. The molecule has 6 nitrogen and oxygen atoms in total. The highest BCUT2D eigenvalue weighted by Crippen LogP contribution is 2.31. The number of rotatable bonds is 5. The predicted octanol–water partition coefficient (Wildman–Crippen LogP) is 5.76. The molecule has 0 aliphatic heterocycles. The predicted molar refractivity (Wildman–Crippen MR) is 118 cm³/mol. The van der Waals surface area contributed by atoms with Crippen molar-refractivity contribution < 1.29 is 13.2 Å². The monoisotopic (exact) mass is 469 g/mol. The lowest BCUT2D eigenvalue weighted by Gasteiger charge is -2.11. The molecule has 0 amide bonds. The van der Waals surface area contributed by atoms with Crippen LogP contribution in [0.1, 0.15) is 5.56 Å². The van der Waals surface area contributed by atoms with Gasteiger partial charge in [0.25, 0.3) is 10.0 Å². The molecule has 3 aromatic carbocycles. The van der Waals surface area contributed by atoms with E-state index in [0.29, 0.717) is 32.8 Å². The maximum Gasteiger partial charge on any atom is 0.283 e. The van der Waals surface area contributed by atoms with E-state index >= 15 is 0 Å². The van der Waals surface area contributed by atoms with Crippen molar-refractivity contribution in [3.05, 3.63) is 94.6 Å². The number of hydrogen-bond donors (Lipinski definition) is 0. The minimum atomic E-state index is -3.90. The summed E-state index contributed by atoms with van der Waals surface area (Å²) in [6.45, 7) is 0. The van der Waals surface area contributed by atoms with E-state index in [1.807, 2.05) is 6.07 Å². The van der Waals surface area contributed by atoms with Crippen LogP contribution in [0.5, 0.6) is 11.5 Å². The van der Waals surface area contributed by atoms with Crippen LogP contribution in [0, 0.1) is 11.3 Å². The van der Waals surface area contributed by atoms with Gasteiger partial charge in [-0.25, -0.2) is 0 Å². The number of benzene rings is 3. The van der Waals surface area contributed by atoms with Crippen molar-refractivity contribution in [2.24, 2.45) is 0 Å². The molecule has 1 aromatic heterocycles. The molecule has 0 N–H and O–H groups in total. The zero-order valence-corrected chi connectivity index (χ0v) is 18.1. The lowest BCUT2D eigenvalue weighted by Crippen LogP contribution is -2.15. The average molecular weight is 470 g/mol. The van der Waals surface area contributed by atoms with Crippen molar-refractivity contribution in [1.29, 1.82) is 5.26 Å². The molecule has 0 saturated carbocycles. The first-order chi connectivity index (χ1) is 14.9. The van der Waals surface area contributed by atoms with Crippen molar-refractivity contribution in [2.45, 2.75) is 4.90 Å². The Morgan fingerprint density at radius 2 is 1.65 bits per heavy atom. The molecule has 0 aliphatic carbocycles. The Morgan fingerprint density at radius 3 is 2.32 bits per heavy atom. The Morgan fingerprint density at radius 1 is 0.935 bits per heavy atom. The molecule has 9 heteroatoms. The summed E-state index contributed by atoms with van der Waals surface area (Å²) < 4.78 is 32.7. The summed E-state index contributed by atoms with van der Waals surface area (Å²) in [7, 11) is -3.90. The van der Waals surface area contributed by atoms with Crippen molar-refractivity contribution in [1.82, 2.24) is 9.19 Å². The van der Waals surface area contributed by atoms with Crippen LogP contribution in [0.4, 0.5) is 0 Å². The number of ether oxygens (including phenoxy) is 1. The van der Waals surface area contributed by atoms with Crippen LogP contribution >= 0.6 is 23.2 Å². The summed E-state index contributed by atoms with van der Waals surface area (Å²) in [6, 6.07) is 21.2. The first-order valence-electron chi connectivity index (χ1n) is 8.92. The molecular formula is C22H13Cl2N3O3S. The number of nitrogens with zero attached hydrogens (tertiary/aromatic N) is 3. The van der Waals surface area contributed by atoms with Crippen molar-refractivity contribution in [3.8, 4) is 28.8 Å². The minimum absolute atomic E-state index is 0.0757. The van der Waals surface area contributed by atoms with Crippen LogP contribution in [0.3, 0.4) is 0 Å². The Hall–Kier alpha value is -3.31. The summed E-state index contributed by atoms with van der Waals surface area (Å²) in [5, 5.41) is 14.0. The smallest absolute Gasteiger partial charge is 0.283 e. The maximum atomic E-state index is 13.0. The molecule has 1 heterocycles. The third-order valence-electron chi connectivity index (χ3n) is 4.41. The van der Waals surface area contributed by atoms with Crippen molar-refractivity contribution in [3.63, 3.8) is 0 Å². The molecule has 4 aromatic rings. The molecule has 0 aliphatic rings. The first-order valence-corrected chi connectivity index (χ1v) is 11.1. The van der Waals surface area contributed by atoms with Crippen LogP contribution in [-0.4, -0.2) is 17.6 Å². The lowest BCUT2D eigenvalue weighted by molar-refractivity contribution is 0.481. The highest BCUT2D eigenvalue weighted by atomic mass is 35.5. The van der Waals surface area contributed by atoms with Crippen LogP contribution in [0.2, 0.25) is 10.0 Å². The molecular weight excluding hydrogens is 457 g/mol. The zero-order chi connectivity index (χ0) is 22.0. The Bertz CT molecular complexity index is 1390. The van der Waals surface area contributed by atoms with Gasteiger partial charge in [-0.05, 0) is 66.7 Å². The second-order valence-corrected chi connectivity index (χ2v) is 8.98. The van der Waals surface area contributed by atoms with Gasteiger partial charge in [-0.3, -0.25) is 0 Å². The summed E-state index contributed by atoms with van der Waals surface area (Å²) >= 11 is 11.9. The average Bonchev–Trinajstić information content (AvgIpc) is 3.26. The Balaban J connectivity index is 1.65. The van der Waals surface area contributed by atoms with E-state index in [1.165, 1.54) is 30.5 Å². The molecule has 0 fully saturated rings. The fourth-order valence-corrected chi connectivity index (χ4v) is 4.53. The van der Waals surface area contributed by atoms with Crippen LogP contribution in [-0.2, 0) is 10.0 Å². The number of nitriles is 1. The Kier molecular flexibility index (Phi) is 5.70. The molecule has 0 bridgehead atoms. The van der Waals surface area contributed by atoms with Crippen molar-refractivity contribution >= 4 is 33.2 Å². The van der Waals surface area contributed by atoms with E-state index < -0.39 is 10.0 Å². The fraction of sp³-hybridized carbons (Fsp3) is 0. The van der Waals surface area contributed by atoms with Gasteiger partial charge in [0, 0.05) is 10.6 Å². The molecule has 154 valence electrons. The molecule has 4 rings (SSSR count). The van der Waals surface area contributed by atoms with Gasteiger partial charge >= 0.3 is 0 Å². The second kappa shape index (κ2) is 8.44. The summed E-state index contributed by atoms with van der Waals surface area (Å²) in [6.07, 6.45) is 1.42. The third kappa shape index (κ3) is 4.14. The molecule has 0 unspecified atom stereocenters. The summed E-state index contributed by atoms with van der Waals surface area (Å²) in [5.74, 6) is 0.798. The van der Waals surface area contributed by atoms with Gasteiger partial charge in [-0.1, -0.05) is 29.3 Å². The molecule has 0 atom stereocenters. The zero-order valence-electron chi connectivity index (χ0n) is 15.7. The van der Waals surface area contributed by atoms with E-state index in [0.717, 1.165) is 4.09 Å². The topological polar surface area (TPSA) is 85.0 Å². The highest BCUT2D eigenvalue weighted by molar-refractivity contribution is 7.90. The van der Waals surface area contributed by atoms with Gasteiger partial charge in [0.1, 0.15) is 23.1 Å². The quantitative estimate of drug-likeness (QED) is 0.370. The van der Waals surface area contributed by atoms with Crippen LogP contribution < -0.4 is 4.74 Å². The SMILES string of the molecule is N#Cc1c(Cl)cccc1Oc1ccc(-c2ccnn2S(=O)(=O)c2ccc(Cl)cc2)cc1. The van der Waals surface area contributed by atoms with Gasteiger partial charge in [0.15, 0.2) is 0 Å². The summed E-state index contributed by atoms with van der Waals surface area (Å²) in [5.41, 5.74) is 1.25. The van der Waals surface area contributed by atoms with Gasteiger partial charge < -0.3 is 4.74 Å². The normalized spacial score (nSPS) is 11.1. The molecule has 0 radical (unpaired) electrons. The van der Waals surface area contributed by atoms with E-state index in [-0.39, 0.29) is 10.5 Å². The highest BCUT2D eigenvalue weighted by Gasteiger charge is 2.21. The van der Waals surface area contributed by atoms with Crippen LogP contribution in [0.25, 0.3) is 11.3 Å². The van der Waals surface area contributed by atoms with Gasteiger partial charge in [0.05, 0.1) is 21.8 Å². The molecule has 0 saturated heterocycles. The standard InChI is InChI=1S/C22H13Cl2N3O3S/c23-16-6-10-18(11-7-16)31(28,29)27-21(12-13-26-27)15-4-8-17(9-5-15)30-22-3-1-2-20(24)19(22)14-25/h1-13H.